The lowest BCUT2D eigenvalue weighted by molar-refractivity contribution is -0.128. The number of benzene rings is 1. The van der Waals surface area contributed by atoms with Crippen LogP contribution in [-0.2, 0) is 4.79 Å². The number of rotatable bonds is 5. The molecule has 22 heavy (non-hydrogen) atoms. The van der Waals surface area contributed by atoms with Crippen molar-refractivity contribution in [3.63, 3.8) is 0 Å². The van der Waals surface area contributed by atoms with Crippen LogP contribution in [0.25, 0.3) is 0 Å². The zero-order valence-electron chi connectivity index (χ0n) is 12.0. The summed E-state index contributed by atoms with van der Waals surface area (Å²) in [6.45, 7) is 0. The third-order valence-electron chi connectivity index (χ3n) is 3.80. The van der Waals surface area contributed by atoms with E-state index in [1.165, 1.54) is 7.11 Å². The number of carbonyl (C=O) groups excluding carboxylic acids is 1. The van der Waals surface area contributed by atoms with Gasteiger partial charge in [-0.3, -0.25) is 0 Å². The monoisotopic (exact) mass is 312 g/mol. The summed E-state index contributed by atoms with van der Waals surface area (Å²) in [5.41, 5.74) is -1.54. The first-order valence-electron chi connectivity index (χ1n) is 6.85. The topological polar surface area (TPSA) is 93.1 Å². The number of ether oxygens (including phenoxy) is 2. The smallest absolute Gasteiger partial charge is 0.339 e. The van der Waals surface area contributed by atoms with Gasteiger partial charge < -0.3 is 24.5 Å². The highest BCUT2D eigenvalue weighted by atomic mass is 19.1. The van der Waals surface area contributed by atoms with Gasteiger partial charge in [-0.1, -0.05) is 0 Å². The Hall–Kier alpha value is -2.15. The molecule has 1 fully saturated rings. The minimum atomic E-state index is -1.34. The van der Waals surface area contributed by atoms with E-state index in [-0.39, 0.29) is 36.0 Å². The minimum Gasteiger partial charge on any atom is -0.496 e. The molecule has 1 saturated carbocycles. The minimum absolute atomic E-state index is 0.0867. The molecule has 0 heterocycles. The molecule has 0 radical (unpaired) electrons. The number of carboxylic acid groups (broad SMARTS) is 1. The highest BCUT2D eigenvalue weighted by molar-refractivity contribution is 5.91. The Kier molecular flexibility index (Phi) is 4.65. The molecule has 0 saturated heterocycles. The van der Waals surface area contributed by atoms with E-state index in [4.69, 9.17) is 14.6 Å². The molecule has 6 nitrogen and oxygen atoms in total. The summed E-state index contributed by atoms with van der Waals surface area (Å²) in [6.07, 6.45) is 1.34. The van der Waals surface area contributed by atoms with Gasteiger partial charge in [-0.25, -0.2) is 9.18 Å². The molecule has 0 atom stereocenters. The summed E-state index contributed by atoms with van der Waals surface area (Å²) >= 11 is 0. The van der Waals surface area contributed by atoms with Crippen molar-refractivity contribution in [2.24, 2.45) is 0 Å². The lowest BCUT2D eigenvalue weighted by atomic mass is 9.84. The predicted octanol–water partition coefficient (Wildman–Crippen LogP) is 1.78. The number of halogens is 1. The molecule has 0 spiro atoms. The number of aldehydes is 1. The highest BCUT2D eigenvalue weighted by Gasteiger charge is 2.34. The van der Waals surface area contributed by atoms with Crippen molar-refractivity contribution in [1.29, 1.82) is 0 Å². The number of methoxy groups -OCH3 is 1. The van der Waals surface area contributed by atoms with Crippen LogP contribution in [0, 0.1) is 5.82 Å². The number of hydrogen-bond donors (Lipinski definition) is 2. The Balaban J connectivity index is 2.15. The van der Waals surface area contributed by atoms with Crippen LogP contribution in [0.15, 0.2) is 12.1 Å². The van der Waals surface area contributed by atoms with Gasteiger partial charge in [-0.2, -0.15) is 0 Å². The van der Waals surface area contributed by atoms with Crippen molar-refractivity contribution in [3.05, 3.63) is 23.5 Å². The number of hydrogen-bond acceptors (Lipinski definition) is 5. The standard InChI is InChI=1S/C15H17FO6/c1-21-12-7-11(16)13(6-10(12)14(18)19)22-9-2-4-15(20,8-17)5-3-9/h6-9,20H,2-5H2,1H3,(H,18,19)/t9-,15-. The van der Waals surface area contributed by atoms with Crippen LogP contribution in [0.2, 0.25) is 0 Å². The Morgan fingerprint density at radius 1 is 1.36 bits per heavy atom. The number of aliphatic hydroxyl groups is 1. The van der Waals surface area contributed by atoms with E-state index in [1.54, 1.807) is 0 Å². The fourth-order valence-electron chi connectivity index (χ4n) is 2.47. The second-order valence-corrected chi connectivity index (χ2v) is 5.33. The van der Waals surface area contributed by atoms with Gasteiger partial charge in [0.05, 0.1) is 13.2 Å². The zero-order valence-corrected chi connectivity index (χ0v) is 12.0. The first-order valence-corrected chi connectivity index (χ1v) is 6.85. The number of aromatic carboxylic acids is 1. The Morgan fingerprint density at radius 2 is 2.00 bits per heavy atom. The summed E-state index contributed by atoms with van der Waals surface area (Å²) in [7, 11) is 1.25. The molecule has 0 unspecified atom stereocenters. The van der Waals surface area contributed by atoms with Gasteiger partial charge in [-0.15, -0.1) is 0 Å². The van der Waals surface area contributed by atoms with Crippen molar-refractivity contribution in [1.82, 2.24) is 0 Å². The van der Waals surface area contributed by atoms with Crippen molar-refractivity contribution < 1.29 is 33.7 Å². The summed E-state index contributed by atoms with van der Waals surface area (Å²) in [5.74, 6) is -2.24. The summed E-state index contributed by atoms with van der Waals surface area (Å²) in [5, 5.41) is 18.9. The average Bonchev–Trinajstić information content (AvgIpc) is 2.51. The van der Waals surface area contributed by atoms with E-state index < -0.39 is 17.4 Å². The Bertz CT molecular complexity index is 578. The van der Waals surface area contributed by atoms with Crippen LogP contribution < -0.4 is 9.47 Å². The first kappa shape index (κ1) is 16.2. The van der Waals surface area contributed by atoms with E-state index in [0.717, 1.165) is 12.1 Å². The van der Waals surface area contributed by atoms with Crippen LogP contribution >= 0.6 is 0 Å². The van der Waals surface area contributed by atoms with Gasteiger partial charge >= 0.3 is 5.97 Å². The average molecular weight is 312 g/mol. The van der Waals surface area contributed by atoms with E-state index in [1.807, 2.05) is 0 Å². The maximum absolute atomic E-state index is 14.0. The van der Waals surface area contributed by atoms with E-state index >= 15 is 0 Å². The third kappa shape index (κ3) is 3.36. The molecule has 1 aliphatic carbocycles. The largest absolute Gasteiger partial charge is 0.496 e. The van der Waals surface area contributed by atoms with Crippen LogP contribution in [-0.4, -0.2) is 41.3 Å². The van der Waals surface area contributed by atoms with Gasteiger partial charge in [0, 0.05) is 12.1 Å². The van der Waals surface area contributed by atoms with E-state index in [0.29, 0.717) is 19.1 Å². The molecule has 0 amide bonds. The van der Waals surface area contributed by atoms with Crippen LogP contribution in [0.1, 0.15) is 36.0 Å². The number of carboxylic acids is 1. The zero-order chi connectivity index (χ0) is 16.3. The van der Waals surface area contributed by atoms with E-state index in [2.05, 4.69) is 0 Å². The lowest BCUT2D eigenvalue weighted by Gasteiger charge is -2.32. The second kappa shape index (κ2) is 6.31. The maximum atomic E-state index is 14.0. The van der Waals surface area contributed by atoms with E-state index in [9.17, 15) is 19.1 Å². The second-order valence-electron chi connectivity index (χ2n) is 5.33. The van der Waals surface area contributed by atoms with Gasteiger partial charge in [0.15, 0.2) is 17.9 Å². The van der Waals surface area contributed by atoms with Crippen molar-refractivity contribution in [2.45, 2.75) is 37.4 Å². The fraction of sp³-hybridized carbons (Fsp3) is 0.467. The third-order valence-corrected chi connectivity index (χ3v) is 3.80. The molecule has 2 N–H and O–H groups in total. The summed E-state index contributed by atoms with van der Waals surface area (Å²) < 4.78 is 24.3. The molecule has 1 aliphatic rings. The molecular formula is C15H17FO6. The molecule has 2 rings (SSSR count). The molecule has 0 bridgehead atoms. The van der Waals surface area contributed by atoms with Crippen molar-refractivity contribution >= 4 is 12.3 Å². The van der Waals surface area contributed by atoms with Gasteiger partial charge in [-0.05, 0) is 25.7 Å². The Morgan fingerprint density at radius 3 is 2.50 bits per heavy atom. The van der Waals surface area contributed by atoms with Crippen LogP contribution in [0.3, 0.4) is 0 Å². The molecular weight excluding hydrogens is 295 g/mol. The quantitative estimate of drug-likeness (QED) is 0.805. The maximum Gasteiger partial charge on any atom is 0.339 e. The molecule has 120 valence electrons. The molecule has 1 aromatic rings. The molecule has 0 aliphatic heterocycles. The predicted molar refractivity (Wildman–Crippen MR) is 73.8 cm³/mol. The van der Waals surface area contributed by atoms with Gasteiger partial charge in [0.2, 0.25) is 0 Å². The molecule has 0 aromatic heterocycles. The molecule has 1 aromatic carbocycles. The number of carbonyl (C=O) groups is 2. The van der Waals surface area contributed by atoms with Crippen molar-refractivity contribution in [3.8, 4) is 11.5 Å². The lowest BCUT2D eigenvalue weighted by Crippen LogP contribution is -2.38. The van der Waals surface area contributed by atoms with Crippen molar-refractivity contribution in [2.75, 3.05) is 7.11 Å². The first-order chi connectivity index (χ1) is 10.4. The molecule has 7 heteroatoms. The highest BCUT2D eigenvalue weighted by Crippen LogP contribution is 2.33. The van der Waals surface area contributed by atoms with Crippen LogP contribution in [0.4, 0.5) is 4.39 Å². The van der Waals surface area contributed by atoms with Gasteiger partial charge in [0.25, 0.3) is 0 Å². The fourth-order valence-corrected chi connectivity index (χ4v) is 2.47. The SMILES string of the molecule is COc1cc(F)c(O[C@H]2CC[C@@](O)(C=O)CC2)cc1C(=O)O. The Labute approximate surface area is 126 Å². The van der Waals surface area contributed by atoms with Crippen LogP contribution in [0.5, 0.6) is 11.5 Å². The summed E-state index contributed by atoms with van der Waals surface area (Å²) in [4.78, 5) is 21.9. The summed E-state index contributed by atoms with van der Waals surface area (Å²) in [6, 6.07) is 2.04. The normalized spacial score (nSPS) is 24.6. The van der Waals surface area contributed by atoms with Gasteiger partial charge in [0.1, 0.15) is 16.9 Å².